The Labute approximate surface area is 134 Å². The van der Waals surface area contributed by atoms with Crippen LogP contribution in [0, 0.1) is 0 Å². The highest BCUT2D eigenvalue weighted by Gasteiger charge is 2.44. The lowest BCUT2D eigenvalue weighted by Gasteiger charge is -2.24. The smallest absolute Gasteiger partial charge is 0.493 e. The molecule has 0 aliphatic carbocycles. The van der Waals surface area contributed by atoms with Gasteiger partial charge in [-0.05, 0) is 24.3 Å². The standard InChI is InChI=1S/C16H10F3N3O2/c17-16(18,19)22(13-7-3-4-8-20-13)15(24)11-9-21-12-6-2-1-5-10(12)14(11)23/h1-9H,(H,21,23). The molecule has 0 saturated carbocycles. The second-order valence-corrected chi connectivity index (χ2v) is 4.83. The summed E-state index contributed by atoms with van der Waals surface area (Å²) in [6, 6.07) is 10.1. The number of benzene rings is 1. The highest BCUT2D eigenvalue weighted by Crippen LogP contribution is 2.33. The van der Waals surface area contributed by atoms with Crippen LogP contribution >= 0.6 is 0 Å². The fraction of sp³-hybridized carbons (Fsp3) is 0.0625. The summed E-state index contributed by atoms with van der Waals surface area (Å²) in [6.07, 6.45) is -2.95. The first-order valence-electron chi connectivity index (χ1n) is 6.78. The van der Waals surface area contributed by atoms with Crippen LogP contribution in [0.4, 0.5) is 19.0 Å². The van der Waals surface area contributed by atoms with Crippen LogP contribution in [0.1, 0.15) is 10.4 Å². The van der Waals surface area contributed by atoms with Crippen LogP contribution in [0.2, 0.25) is 0 Å². The largest absolute Gasteiger partial charge is 0.506 e. The number of para-hydroxylation sites is 1. The lowest BCUT2D eigenvalue weighted by molar-refractivity contribution is -0.122. The SMILES string of the molecule is O=C(c1cnc2ccccc2c1O)N(c1ccccn1)C(F)(F)F. The van der Waals surface area contributed by atoms with Gasteiger partial charge in [-0.2, -0.15) is 0 Å². The third-order valence-electron chi connectivity index (χ3n) is 3.31. The van der Waals surface area contributed by atoms with Gasteiger partial charge >= 0.3 is 6.30 Å². The number of amides is 1. The molecule has 5 nitrogen and oxygen atoms in total. The van der Waals surface area contributed by atoms with Crippen molar-refractivity contribution in [2.24, 2.45) is 0 Å². The summed E-state index contributed by atoms with van der Waals surface area (Å²) in [4.78, 5) is 19.5. The van der Waals surface area contributed by atoms with Gasteiger partial charge in [0.05, 0.1) is 5.52 Å². The summed E-state index contributed by atoms with van der Waals surface area (Å²) >= 11 is 0. The predicted octanol–water partition coefficient (Wildman–Crippen LogP) is 3.50. The normalized spacial score (nSPS) is 11.5. The second-order valence-electron chi connectivity index (χ2n) is 4.83. The Kier molecular flexibility index (Phi) is 3.80. The van der Waals surface area contributed by atoms with Crippen molar-refractivity contribution in [3.05, 3.63) is 60.4 Å². The molecule has 24 heavy (non-hydrogen) atoms. The highest BCUT2D eigenvalue weighted by atomic mass is 19.4. The molecule has 1 amide bonds. The van der Waals surface area contributed by atoms with E-state index in [1.165, 1.54) is 18.2 Å². The maximum absolute atomic E-state index is 13.4. The van der Waals surface area contributed by atoms with E-state index in [4.69, 9.17) is 0 Å². The molecule has 0 saturated heterocycles. The first kappa shape index (κ1) is 15.7. The summed E-state index contributed by atoms with van der Waals surface area (Å²) in [7, 11) is 0. The minimum Gasteiger partial charge on any atom is -0.506 e. The van der Waals surface area contributed by atoms with Crippen LogP contribution in [0.3, 0.4) is 0 Å². The van der Waals surface area contributed by atoms with Gasteiger partial charge in [0.15, 0.2) is 0 Å². The predicted molar refractivity (Wildman–Crippen MR) is 80.5 cm³/mol. The Morgan fingerprint density at radius 1 is 1.04 bits per heavy atom. The average Bonchev–Trinajstić information content (AvgIpc) is 2.55. The van der Waals surface area contributed by atoms with Gasteiger partial charge in [-0.15, -0.1) is 13.2 Å². The molecule has 2 heterocycles. The Morgan fingerprint density at radius 2 is 1.75 bits per heavy atom. The van der Waals surface area contributed by atoms with Gasteiger partial charge in [0.2, 0.25) is 0 Å². The van der Waals surface area contributed by atoms with Crippen molar-refractivity contribution >= 4 is 22.6 Å². The van der Waals surface area contributed by atoms with E-state index in [-0.39, 0.29) is 5.39 Å². The van der Waals surface area contributed by atoms with Gasteiger partial charge < -0.3 is 5.11 Å². The second kappa shape index (κ2) is 5.80. The topological polar surface area (TPSA) is 66.3 Å². The molecule has 0 radical (unpaired) electrons. The van der Waals surface area contributed by atoms with Crippen molar-refractivity contribution in [2.45, 2.75) is 6.30 Å². The van der Waals surface area contributed by atoms with E-state index in [0.29, 0.717) is 5.52 Å². The van der Waals surface area contributed by atoms with Gasteiger partial charge in [-0.25, -0.2) is 9.88 Å². The molecule has 1 aromatic carbocycles. The molecule has 0 fully saturated rings. The first-order valence-corrected chi connectivity index (χ1v) is 6.78. The van der Waals surface area contributed by atoms with Crippen molar-refractivity contribution in [3.8, 4) is 5.75 Å². The van der Waals surface area contributed by atoms with Crippen molar-refractivity contribution in [1.82, 2.24) is 9.97 Å². The molecule has 8 heteroatoms. The van der Waals surface area contributed by atoms with E-state index in [1.807, 2.05) is 0 Å². The maximum Gasteiger partial charge on any atom is 0.493 e. The number of nitrogens with zero attached hydrogens (tertiary/aromatic N) is 3. The average molecular weight is 333 g/mol. The number of aromatic nitrogens is 2. The van der Waals surface area contributed by atoms with Crippen LogP contribution < -0.4 is 4.90 Å². The molecule has 0 aliphatic rings. The van der Waals surface area contributed by atoms with Crippen molar-refractivity contribution in [2.75, 3.05) is 4.90 Å². The minimum atomic E-state index is -5.01. The molecule has 0 spiro atoms. The zero-order valence-corrected chi connectivity index (χ0v) is 12.0. The summed E-state index contributed by atoms with van der Waals surface area (Å²) in [5, 5.41) is 10.4. The van der Waals surface area contributed by atoms with E-state index in [0.717, 1.165) is 18.5 Å². The number of rotatable bonds is 2. The lowest BCUT2D eigenvalue weighted by Crippen LogP contribution is -2.43. The number of hydrogen-bond donors (Lipinski definition) is 1. The van der Waals surface area contributed by atoms with E-state index in [9.17, 15) is 23.1 Å². The van der Waals surface area contributed by atoms with Crippen molar-refractivity contribution in [1.29, 1.82) is 0 Å². The number of anilines is 1. The summed E-state index contributed by atoms with van der Waals surface area (Å²) in [6.45, 7) is 0. The number of pyridine rings is 2. The minimum absolute atomic E-state index is 0.187. The van der Waals surface area contributed by atoms with Gasteiger partial charge in [-0.1, -0.05) is 18.2 Å². The third-order valence-corrected chi connectivity index (χ3v) is 3.31. The van der Waals surface area contributed by atoms with Crippen LogP contribution in [-0.2, 0) is 0 Å². The van der Waals surface area contributed by atoms with Crippen molar-refractivity contribution < 1.29 is 23.1 Å². The number of carbonyl (C=O) groups excluding carboxylic acids is 1. The number of halogens is 3. The Balaban J connectivity index is 2.13. The molecule has 0 unspecified atom stereocenters. The van der Waals surface area contributed by atoms with Crippen LogP contribution in [-0.4, -0.2) is 27.3 Å². The summed E-state index contributed by atoms with van der Waals surface area (Å²) < 4.78 is 40.1. The van der Waals surface area contributed by atoms with Crippen LogP contribution in [0.5, 0.6) is 5.75 Å². The van der Waals surface area contributed by atoms with Crippen LogP contribution in [0.15, 0.2) is 54.9 Å². The molecule has 122 valence electrons. The van der Waals surface area contributed by atoms with Gasteiger partial charge in [0, 0.05) is 17.8 Å². The number of hydrogen-bond acceptors (Lipinski definition) is 4. The van der Waals surface area contributed by atoms with Crippen LogP contribution in [0.25, 0.3) is 10.9 Å². The molecule has 0 atom stereocenters. The molecule has 3 aromatic rings. The van der Waals surface area contributed by atoms with E-state index < -0.39 is 34.2 Å². The molecule has 2 aromatic heterocycles. The monoisotopic (exact) mass is 333 g/mol. The van der Waals surface area contributed by atoms with Crippen molar-refractivity contribution in [3.63, 3.8) is 0 Å². The molecule has 3 rings (SSSR count). The quantitative estimate of drug-likeness (QED) is 0.729. The first-order chi connectivity index (χ1) is 11.4. The van der Waals surface area contributed by atoms with Gasteiger partial charge in [0.1, 0.15) is 17.1 Å². The molecule has 0 bridgehead atoms. The van der Waals surface area contributed by atoms with E-state index >= 15 is 0 Å². The Morgan fingerprint density at radius 3 is 2.42 bits per heavy atom. The maximum atomic E-state index is 13.4. The number of aromatic hydroxyl groups is 1. The number of alkyl halides is 3. The zero-order chi connectivity index (χ0) is 17.3. The molecular weight excluding hydrogens is 323 g/mol. The highest BCUT2D eigenvalue weighted by molar-refractivity contribution is 6.10. The summed E-state index contributed by atoms with van der Waals surface area (Å²) in [5.74, 6) is -2.62. The Hall–Kier alpha value is -3.16. The zero-order valence-electron chi connectivity index (χ0n) is 12.0. The lowest BCUT2D eigenvalue weighted by atomic mass is 10.1. The third kappa shape index (κ3) is 2.73. The molecule has 0 aliphatic heterocycles. The summed E-state index contributed by atoms with van der Waals surface area (Å²) in [5.41, 5.74) is -0.195. The fourth-order valence-corrected chi connectivity index (χ4v) is 2.24. The van der Waals surface area contributed by atoms with Gasteiger partial charge in [-0.3, -0.25) is 9.78 Å². The molecular formula is C16H10F3N3O2. The number of fused-ring (bicyclic) bond motifs is 1. The fourth-order valence-electron chi connectivity index (χ4n) is 2.24. The number of carbonyl (C=O) groups is 1. The molecule has 1 N–H and O–H groups in total. The van der Waals surface area contributed by atoms with Gasteiger partial charge in [0.25, 0.3) is 5.91 Å². The Bertz CT molecular complexity index is 898. The van der Waals surface area contributed by atoms with E-state index in [1.54, 1.807) is 18.2 Å². The van der Waals surface area contributed by atoms with E-state index in [2.05, 4.69) is 9.97 Å².